The van der Waals surface area contributed by atoms with Gasteiger partial charge in [0.05, 0.1) is 66.1 Å². The van der Waals surface area contributed by atoms with E-state index >= 15 is 0 Å². The fourth-order valence-electron chi connectivity index (χ4n) is 12.2. The number of carbonyl (C=O) groups is 13. The van der Waals surface area contributed by atoms with Crippen molar-refractivity contribution in [3.8, 4) is 5.75 Å². The molecule has 0 spiro atoms. The molecule has 2 heterocycles. The molecule has 6 N–H and O–H groups in total. The van der Waals surface area contributed by atoms with E-state index in [1.807, 2.05) is 0 Å². The predicted octanol–water partition coefficient (Wildman–Crippen LogP) is 6.72. The van der Waals surface area contributed by atoms with E-state index in [0.29, 0.717) is 32.2 Å². The standard InChI is InChI=1S/C78H113F5N6O28/c1-47(90)87-68-73(113-53(7)96)70(111-51(5)94)58(45-109-49(3)92)115-77(68)107-40-38-105-36-34-103-32-30-85-75(101)55-42-56(76(102)86-31-33-104-35-37-106-39-41-108-78-69(88-48(2)91)74(114-54(8)97)71(112-52(6)95)59(116-78)46-110-50(4)93)44-57(43-55)89-61(99)27-23-19-15-12-11-14-18-22-26-60(98)84-29-25-21-17-13-9-10-16-20-24-28-62(100)117-72-66(82)64(80)63(79)65(81)67(72)83/h42-44,58-59,68-71,73-74,77-78H,9-41,45-46H2,1-8H3,(H,84,98)(H,85,101)(H,86,102)(H,87,90)(H,88,91)(H,89,99)/t58-,59+,68-,69+,70+,71-,73-,74+,77?,78?. The number of carbonyl (C=O) groups excluding carboxylic acids is 13. The van der Waals surface area contributed by atoms with Gasteiger partial charge in [0.2, 0.25) is 58.5 Å². The highest BCUT2D eigenvalue weighted by molar-refractivity contribution is 6.02. The summed E-state index contributed by atoms with van der Waals surface area (Å²) in [5, 5.41) is 16.5. The van der Waals surface area contributed by atoms with Crippen molar-refractivity contribution in [2.24, 2.45) is 0 Å². The van der Waals surface area contributed by atoms with Crippen molar-refractivity contribution < 1.29 is 155 Å². The molecule has 0 aromatic heterocycles. The Bertz CT molecular complexity index is 3360. The second kappa shape index (κ2) is 56.3. The molecule has 2 aliphatic heterocycles. The van der Waals surface area contributed by atoms with Gasteiger partial charge in [0.15, 0.2) is 37.0 Å². The number of hydrogen-bond donors (Lipinski definition) is 6. The lowest BCUT2D eigenvalue weighted by atomic mass is 9.96. The lowest BCUT2D eigenvalue weighted by Crippen LogP contribution is -2.66. The van der Waals surface area contributed by atoms with E-state index in [-0.39, 0.29) is 121 Å². The van der Waals surface area contributed by atoms with E-state index in [9.17, 15) is 84.3 Å². The molecule has 2 aliphatic rings. The maximum atomic E-state index is 13.8. The van der Waals surface area contributed by atoms with Crippen molar-refractivity contribution in [1.82, 2.24) is 26.6 Å². The molecule has 117 heavy (non-hydrogen) atoms. The molecule has 10 atom stereocenters. The highest BCUT2D eigenvalue weighted by Crippen LogP contribution is 2.32. The Kier molecular flexibility index (Phi) is 48.2. The Morgan fingerprint density at radius 1 is 0.359 bits per heavy atom. The smallest absolute Gasteiger partial charge is 0.311 e. The average molecular weight is 1680 g/mol. The number of benzene rings is 2. The maximum absolute atomic E-state index is 13.8. The summed E-state index contributed by atoms with van der Waals surface area (Å²) in [6.45, 7) is 9.00. The van der Waals surface area contributed by atoms with Crippen LogP contribution in [0, 0.1) is 29.1 Å². The fraction of sp³-hybridized carbons (Fsp3) is 0.679. The second-order valence-electron chi connectivity index (χ2n) is 27.5. The molecule has 0 aliphatic carbocycles. The van der Waals surface area contributed by atoms with E-state index < -0.39 is 175 Å². The highest BCUT2D eigenvalue weighted by Gasteiger charge is 2.53. The molecule has 2 fully saturated rings. The number of esters is 7. The summed E-state index contributed by atoms with van der Waals surface area (Å²) in [6, 6.07) is 1.88. The molecule has 2 saturated heterocycles. The first-order valence-electron chi connectivity index (χ1n) is 39.2. The van der Waals surface area contributed by atoms with Gasteiger partial charge in [0.25, 0.3) is 11.8 Å². The average Bonchev–Trinajstić information content (AvgIpc) is 0.796. The van der Waals surface area contributed by atoms with Crippen LogP contribution in [-0.4, -0.2) is 237 Å². The maximum Gasteiger partial charge on any atom is 0.311 e. The minimum Gasteiger partial charge on any atom is -0.463 e. The van der Waals surface area contributed by atoms with E-state index in [1.165, 1.54) is 32.0 Å². The van der Waals surface area contributed by atoms with Crippen LogP contribution in [0.4, 0.5) is 27.6 Å². The van der Waals surface area contributed by atoms with Gasteiger partial charge in [-0.15, -0.1) is 0 Å². The largest absolute Gasteiger partial charge is 0.463 e. The Morgan fingerprint density at radius 2 is 0.701 bits per heavy atom. The summed E-state index contributed by atoms with van der Waals surface area (Å²) in [4.78, 5) is 162. The van der Waals surface area contributed by atoms with E-state index in [1.54, 1.807) is 0 Å². The van der Waals surface area contributed by atoms with Gasteiger partial charge in [-0.2, -0.15) is 8.78 Å². The molecule has 34 nitrogen and oxygen atoms in total. The van der Waals surface area contributed by atoms with Gasteiger partial charge < -0.3 is 103 Å². The first-order valence-corrected chi connectivity index (χ1v) is 39.2. The van der Waals surface area contributed by atoms with Crippen LogP contribution in [0.5, 0.6) is 5.75 Å². The molecule has 2 aromatic rings. The third kappa shape index (κ3) is 40.3. The molecular weight excluding hydrogens is 1560 g/mol. The molecule has 0 radical (unpaired) electrons. The first kappa shape index (κ1) is 100. The summed E-state index contributed by atoms with van der Waals surface area (Å²) >= 11 is 0. The normalized spacial score (nSPS) is 18.9. The first-order chi connectivity index (χ1) is 55.9. The van der Waals surface area contributed by atoms with Crippen molar-refractivity contribution in [3.05, 3.63) is 58.4 Å². The molecule has 0 bridgehead atoms. The summed E-state index contributed by atoms with van der Waals surface area (Å²) in [6.07, 6.45) is 4.18. The van der Waals surface area contributed by atoms with Gasteiger partial charge in [-0.1, -0.05) is 83.5 Å². The number of anilines is 1. The summed E-state index contributed by atoms with van der Waals surface area (Å²) in [7, 11) is 0. The fourth-order valence-corrected chi connectivity index (χ4v) is 12.2. The lowest BCUT2D eigenvalue weighted by molar-refractivity contribution is -0.279. The molecule has 2 unspecified atom stereocenters. The number of ether oxygens (including phenoxy) is 15. The third-order valence-electron chi connectivity index (χ3n) is 17.5. The van der Waals surface area contributed by atoms with Gasteiger partial charge in [0, 0.05) is 111 Å². The summed E-state index contributed by atoms with van der Waals surface area (Å²) in [5.74, 6) is -20.9. The minimum atomic E-state index is -2.34. The van der Waals surface area contributed by atoms with Gasteiger partial charge in [-0.05, 0) is 43.9 Å². The molecule has 0 saturated carbocycles. The van der Waals surface area contributed by atoms with Gasteiger partial charge in [-0.3, -0.25) is 62.3 Å². The molecule has 6 amide bonds. The summed E-state index contributed by atoms with van der Waals surface area (Å²) in [5.41, 5.74) is 0.280. The van der Waals surface area contributed by atoms with Crippen molar-refractivity contribution >= 4 is 82.9 Å². The minimum absolute atomic E-state index is 0.00123. The predicted molar refractivity (Wildman–Crippen MR) is 400 cm³/mol. The van der Waals surface area contributed by atoms with Crippen LogP contribution in [0.2, 0.25) is 0 Å². The Morgan fingerprint density at radius 3 is 1.09 bits per heavy atom. The van der Waals surface area contributed by atoms with Crippen molar-refractivity contribution in [2.45, 2.75) is 245 Å². The van der Waals surface area contributed by atoms with Crippen LogP contribution < -0.4 is 36.6 Å². The number of halogens is 5. The van der Waals surface area contributed by atoms with E-state index in [4.69, 9.17) is 66.3 Å². The third-order valence-corrected chi connectivity index (χ3v) is 17.5. The van der Waals surface area contributed by atoms with Crippen molar-refractivity contribution in [3.63, 3.8) is 0 Å². The number of rotatable bonds is 57. The topological polar surface area (TPSA) is 433 Å². The van der Waals surface area contributed by atoms with Gasteiger partial charge in [-0.25, -0.2) is 13.2 Å². The number of unbranched alkanes of at least 4 members (excludes halogenated alkanes) is 15. The van der Waals surface area contributed by atoms with Gasteiger partial charge >= 0.3 is 41.8 Å². The Hall–Kier alpha value is -9.12. The zero-order valence-corrected chi connectivity index (χ0v) is 67.6. The quantitative estimate of drug-likeness (QED) is 0.00761. The Balaban J connectivity index is 1.19. The summed E-state index contributed by atoms with van der Waals surface area (Å²) < 4.78 is 150. The van der Waals surface area contributed by atoms with Crippen LogP contribution in [0.25, 0.3) is 0 Å². The Labute approximate surface area is 675 Å². The number of nitrogens with one attached hydrogen (secondary N) is 6. The molecule has 39 heteroatoms. The molecule has 4 rings (SSSR count). The van der Waals surface area contributed by atoms with Crippen LogP contribution in [0.15, 0.2) is 18.2 Å². The van der Waals surface area contributed by atoms with Gasteiger partial charge in [0.1, 0.15) is 37.5 Å². The van der Waals surface area contributed by atoms with Crippen LogP contribution in [0.3, 0.4) is 0 Å². The highest BCUT2D eigenvalue weighted by atomic mass is 19.2. The van der Waals surface area contributed by atoms with Crippen LogP contribution in [-0.2, 0) is 119 Å². The van der Waals surface area contributed by atoms with Crippen LogP contribution >= 0.6 is 0 Å². The van der Waals surface area contributed by atoms with Crippen molar-refractivity contribution in [2.75, 3.05) is 104 Å². The monoisotopic (exact) mass is 1680 g/mol. The number of amides is 6. The van der Waals surface area contributed by atoms with Crippen molar-refractivity contribution in [1.29, 1.82) is 0 Å². The number of hydrogen-bond acceptors (Lipinski definition) is 28. The molecular formula is C78H113F5N6O28. The molecule has 2 aromatic carbocycles. The zero-order valence-electron chi connectivity index (χ0n) is 67.6. The van der Waals surface area contributed by atoms with E-state index in [2.05, 4.69) is 36.6 Å². The zero-order chi connectivity index (χ0) is 86.2. The lowest BCUT2D eigenvalue weighted by Gasteiger charge is -2.44. The van der Waals surface area contributed by atoms with Crippen LogP contribution in [0.1, 0.15) is 205 Å². The molecule has 658 valence electrons. The second-order valence-corrected chi connectivity index (χ2v) is 27.5. The SMILES string of the molecule is CC(=O)N[C@@H]1C(OCCOCCOCCNC(=O)c2cc(NC(=O)CCCCCCCCCCC(=O)NCCCCCCCCCCCC(=O)Oc3c(F)c(F)c(F)c(F)c3F)cc(C(=O)NCCOCCOCCOC3O[C@H](COC(C)=O)[C@H](OC(C)=O)[C@H](OC(C)=O)[C@H]3NC(C)=O)c2)O[C@@H](COC(C)=O)[C@@H](OC(C)=O)[C@H]1OC(C)=O. The van der Waals surface area contributed by atoms with E-state index in [0.717, 1.165) is 131 Å².